The average Bonchev–Trinajstić information content (AvgIpc) is 2.17. The van der Waals surface area contributed by atoms with Crippen LogP contribution in [0.15, 0.2) is 22.7 Å². The Morgan fingerprint density at radius 1 is 1.50 bits per heavy atom. The molecule has 1 aromatic rings. The minimum absolute atomic E-state index is 0.0700. The van der Waals surface area contributed by atoms with Crippen molar-refractivity contribution in [1.82, 2.24) is 0 Å². The SMILES string of the molecule is COc1ccc(Br)c(C(=O)C(F)F)c1. The fourth-order valence-corrected chi connectivity index (χ4v) is 1.38. The van der Waals surface area contributed by atoms with Gasteiger partial charge in [-0.2, -0.15) is 0 Å². The Balaban J connectivity index is 3.12. The van der Waals surface area contributed by atoms with Gasteiger partial charge in [-0.15, -0.1) is 0 Å². The highest BCUT2D eigenvalue weighted by atomic mass is 79.9. The molecule has 0 saturated heterocycles. The highest BCUT2D eigenvalue weighted by molar-refractivity contribution is 9.10. The van der Waals surface area contributed by atoms with Crippen molar-refractivity contribution in [2.24, 2.45) is 0 Å². The van der Waals surface area contributed by atoms with E-state index in [0.717, 1.165) is 0 Å². The monoisotopic (exact) mass is 264 g/mol. The molecule has 0 spiro atoms. The molecule has 0 bridgehead atoms. The predicted octanol–water partition coefficient (Wildman–Crippen LogP) is 2.91. The van der Waals surface area contributed by atoms with Gasteiger partial charge in [-0.25, -0.2) is 8.78 Å². The van der Waals surface area contributed by atoms with Crippen LogP contribution in [0.5, 0.6) is 5.75 Å². The van der Waals surface area contributed by atoms with E-state index < -0.39 is 12.2 Å². The van der Waals surface area contributed by atoms with Crippen molar-refractivity contribution in [3.8, 4) is 5.75 Å². The second-order valence-electron chi connectivity index (χ2n) is 2.51. The van der Waals surface area contributed by atoms with Gasteiger partial charge in [0.05, 0.1) is 7.11 Å². The van der Waals surface area contributed by atoms with Crippen LogP contribution in [-0.2, 0) is 0 Å². The van der Waals surface area contributed by atoms with Crippen LogP contribution in [0.1, 0.15) is 10.4 Å². The maximum absolute atomic E-state index is 12.1. The molecule has 0 atom stereocenters. The van der Waals surface area contributed by atoms with Gasteiger partial charge < -0.3 is 4.74 Å². The Hall–Kier alpha value is -0.970. The maximum Gasteiger partial charge on any atom is 0.300 e. The number of methoxy groups -OCH3 is 1. The number of halogens is 3. The van der Waals surface area contributed by atoms with Crippen LogP contribution in [0.25, 0.3) is 0 Å². The Morgan fingerprint density at radius 3 is 2.64 bits per heavy atom. The van der Waals surface area contributed by atoms with Gasteiger partial charge in [0.2, 0.25) is 5.78 Å². The maximum atomic E-state index is 12.1. The first kappa shape index (κ1) is 11.1. The van der Waals surface area contributed by atoms with Crippen molar-refractivity contribution in [1.29, 1.82) is 0 Å². The molecule has 0 fully saturated rings. The fraction of sp³-hybridized carbons (Fsp3) is 0.222. The van der Waals surface area contributed by atoms with Crippen LogP contribution in [-0.4, -0.2) is 19.3 Å². The summed E-state index contributed by atoms with van der Waals surface area (Å²) >= 11 is 3.02. The molecule has 0 aromatic heterocycles. The lowest BCUT2D eigenvalue weighted by molar-refractivity contribution is 0.0677. The van der Waals surface area contributed by atoms with Crippen LogP contribution in [0.3, 0.4) is 0 Å². The molecule has 1 rings (SSSR count). The van der Waals surface area contributed by atoms with Crippen molar-refractivity contribution < 1.29 is 18.3 Å². The number of ether oxygens (including phenoxy) is 1. The molecule has 0 saturated carbocycles. The summed E-state index contributed by atoms with van der Waals surface area (Å²) in [4.78, 5) is 11.0. The molecule has 76 valence electrons. The molecule has 0 heterocycles. The van der Waals surface area contributed by atoms with E-state index in [9.17, 15) is 13.6 Å². The molecular weight excluding hydrogens is 258 g/mol. The number of carbonyl (C=O) groups is 1. The minimum Gasteiger partial charge on any atom is -0.497 e. The van der Waals surface area contributed by atoms with Crippen LogP contribution in [0.4, 0.5) is 8.78 Å². The molecule has 14 heavy (non-hydrogen) atoms. The van der Waals surface area contributed by atoms with Gasteiger partial charge in [0.25, 0.3) is 0 Å². The summed E-state index contributed by atoms with van der Waals surface area (Å²) < 4.78 is 29.4. The predicted molar refractivity (Wildman–Crippen MR) is 51.0 cm³/mol. The van der Waals surface area contributed by atoms with Crippen LogP contribution < -0.4 is 4.74 Å². The summed E-state index contributed by atoms with van der Waals surface area (Å²) in [5.74, 6) is -0.840. The Morgan fingerprint density at radius 2 is 2.14 bits per heavy atom. The number of rotatable bonds is 3. The molecule has 2 nitrogen and oxygen atoms in total. The molecule has 0 N–H and O–H groups in total. The van der Waals surface area contributed by atoms with Crippen LogP contribution in [0.2, 0.25) is 0 Å². The zero-order chi connectivity index (χ0) is 10.7. The second-order valence-corrected chi connectivity index (χ2v) is 3.37. The summed E-state index contributed by atoms with van der Waals surface area (Å²) in [6.07, 6.45) is -3.00. The summed E-state index contributed by atoms with van der Waals surface area (Å²) in [6.45, 7) is 0. The number of ketones is 1. The first-order chi connectivity index (χ1) is 6.56. The fourth-order valence-electron chi connectivity index (χ4n) is 0.938. The number of Topliss-reactive ketones (excluding diaryl/α,β-unsaturated/α-hetero) is 1. The number of alkyl halides is 2. The van der Waals surface area contributed by atoms with E-state index in [1.54, 1.807) is 6.07 Å². The van der Waals surface area contributed by atoms with Crippen molar-refractivity contribution in [3.63, 3.8) is 0 Å². The molecule has 1 aromatic carbocycles. The minimum atomic E-state index is -3.00. The van der Waals surface area contributed by atoms with Gasteiger partial charge in [0, 0.05) is 10.0 Å². The molecule has 0 amide bonds. The Kier molecular flexibility index (Phi) is 3.57. The van der Waals surface area contributed by atoms with Gasteiger partial charge in [0.15, 0.2) is 0 Å². The lowest BCUT2D eigenvalue weighted by Gasteiger charge is -2.05. The largest absolute Gasteiger partial charge is 0.497 e. The summed E-state index contributed by atoms with van der Waals surface area (Å²) in [5.41, 5.74) is -0.0700. The first-order valence-corrected chi connectivity index (χ1v) is 4.51. The van der Waals surface area contributed by atoms with Gasteiger partial charge >= 0.3 is 6.43 Å². The second kappa shape index (κ2) is 4.50. The van der Waals surface area contributed by atoms with Gasteiger partial charge in [0.1, 0.15) is 5.75 Å². The molecule has 0 radical (unpaired) electrons. The number of benzene rings is 1. The number of hydrogen-bond acceptors (Lipinski definition) is 2. The normalized spacial score (nSPS) is 10.4. The van der Waals surface area contributed by atoms with E-state index in [4.69, 9.17) is 4.74 Å². The third-order valence-corrected chi connectivity index (χ3v) is 2.33. The number of hydrogen-bond donors (Lipinski definition) is 0. The summed E-state index contributed by atoms with van der Waals surface area (Å²) in [7, 11) is 1.40. The van der Waals surface area contributed by atoms with Crippen molar-refractivity contribution in [3.05, 3.63) is 28.2 Å². The number of carbonyl (C=O) groups excluding carboxylic acids is 1. The molecule has 0 aliphatic heterocycles. The molecule has 0 unspecified atom stereocenters. The van der Waals surface area contributed by atoms with Crippen molar-refractivity contribution >= 4 is 21.7 Å². The van der Waals surface area contributed by atoms with Crippen molar-refractivity contribution in [2.45, 2.75) is 6.43 Å². The third kappa shape index (κ3) is 2.29. The van der Waals surface area contributed by atoms with E-state index in [1.807, 2.05) is 0 Å². The standard InChI is InChI=1S/C9H7BrF2O2/c1-14-5-2-3-7(10)6(4-5)8(13)9(11)12/h2-4,9H,1H3. The Bertz CT molecular complexity index is 353. The van der Waals surface area contributed by atoms with E-state index >= 15 is 0 Å². The quantitative estimate of drug-likeness (QED) is 0.785. The van der Waals surface area contributed by atoms with E-state index in [1.165, 1.54) is 19.2 Å². The van der Waals surface area contributed by atoms with Crippen molar-refractivity contribution in [2.75, 3.05) is 7.11 Å². The average molecular weight is 265 g/mol. The van der Waals surface area contributed by atoms with Crippen LogP contribution >= 0.6 is 15.9 Å². The zero-order valence-electron chi connectivity index (χ0n) is 7.26. The summed E-state index contributed by atoms with van der Waals surface area (Å²) in [6, 6.07) is 4.35. The summed E-state index contributed by atoms with van der Waals surface area (Å²) in [5, 5.41) is 0. The van der Waals surface area contributed by atoms with Gasteiger partial charge in [-0.05, 0) is 18.2 Å². The molecular formula is C9H7BrF2O2. The van der Waals surface area contributed by atoms with Gasteiger partial charge in [-0.3, -0.25) is 4.79 Å². The van der Waals surface area contributed by atoms with E-state index in [0.29, 0.717) is 10.2 Å². The van der Waals surface area contributed by atoms with Gasteiger partial charge in [-0.1, -0.05) is 15.9 Å². The highest BCUT2D eigenvalue weighted by Gasteiger charge is 2.20. The lowest BCUT2D eigenvalue weighted by Crippen LogP contribution is -2.10. The highest BCUT2D eigenvalue weighted by Crippen LogP contribution is 2.24. The van der Waals surface area contributed by atoms with E-state index in [2.05, 4.69) is 15.9 Å². The van der Waals surface area contributed by atoms with E-state index in [-0.39, 0.29) is 5.56 Å². The molecule has 5 heteroatoms. The Labute approximate surface area is 88.0 Å². The van der Waals surface area contributed by atoms with Crippen LogP contribution in [0, 0.1) is 0 Å². The zero-order valence-corrected chi connectivity index (χ0v) is 8.85. The third-order valence-electron chi connectivity index (χ3n) is 1.64. The smallest absolute Gasteiger partial charge is 0.300 e. The lowest BCUT2D eigenvalue weighted by atomic mass is 10.1. The first-order valence-electron chi connectivity index (χ1n) is 3.72. The molecule has 0 aliphatic carbocycles. The molecule has 0 aliphatic rings. The topological polar surface area (TPSA) is 26.3 Å².